The predicted molar refractivity (Wildman–Crippen MR) is 72.8 cm³/mol. The number of hydrogen-bond acceptors (Lipinski definition) is 8. The van der Waals surface area contributed by atoms with E-state index in [1.807, 2.05) is 0 Å². The molecule has 22 heavy (non-hydrogen) atoms. The van der Waals surface area contributed by atoms with Crippen LogP contribution in [0.4, 0.5) is 10.3 Å². The highest BCUT2D eigenvalue weighted by Gasteiger charge is 2.54. The van der Waals surface area contributed by atoms with Crippen LogP contribution in [-0.4, -0.2) is 61.3 Å². The summed E-state index contributed by atoms with van der Waals surface area (Å²) in [6.45, 7) is 0.729. The topological polar surface area (TPSA) is 129 Å². The second-order valence-electron chi connectivity index (χ2n) is 5.25. The molecule has 10 heteroatoms. The molecule has 4 N–H and O–H groups in total. The Bertz CT molecular complexity index is 706. The van der Waals surface area contributed by atoms with Gasteiger partial charge in [0.1, 0.15) is 11.7 Å². The molecule has 0 saturated carbocycles. The van der Waals surface area contributed by atoms with Gasteiger partial charge in [0.25, 0.3) is 0 Å². The monoisotopic (exact) mass is 313 g/mol. The van der Waals surface area contributed by atoms with E-state index < -0.39 is 30.7 Å². The summed E-state index contributed by atoms with van der Waals surface area (Å²) in [5, 5.41) is 19.5. The van der Waals surface area contributed by atoms with E-state index in [1.165, 1.54) is 24.9 Å². The molecule has 0 radical (unpaired) electrons. The second-order valence-corrected chi connectivity index (χ2v) is 5.25. The maximum Gasteiger partial charge on any atom is 0.246 e. The van der Waals surface area contributed by atoms with Gasteiger partial charge in [0.2, 0.25) is 11.8 Å². The summed E-state index contributed by atoms with van der Waals surface area (Å²) in [6.07, 6.45) is -2.70. The van der Waals surface area contributed by atoms with E-state index in [1.54, 1.807) is 0 Å². The Hall–Kier alpha value is -2.04. The third-order valence-electron chi connectivity index (χ3n) is 3.72. The maximum absolute atomic E-state index is 14.2. The highest BCUT2D eigenvalue weighted by molar-refractivity contribution is 5.77. The summed E-state index contributed by atoms with van der Waals surface area (Å²) < 4.78 is 26.0. The molecule has 0 spiro atoms. The van der Waals surface area contributed by atoms with Gasteiger partial charge < -0.3 is 25.4 Å². The van der Waals surface area contributed by atoms with Crippen molar-refractivity contribution >= 4 is 17.1 Å². The molecule has 4 unspecified atom stereocenters. The molecule has 3 rings (SSSR count). The first kappa shape index (κ1) is 14.9. The Morgan fingerprint density at radius 2 is 2.27 bits per heavy atom. The number of aromatic nitrogens is 4. The number of fused-ring (bicyclic) bond motifs is 1. The Kier molecular flexibility index (Phi) is 3.38. The Morgan fingerprint density at radius 3 is 2.86 bits per heavy atom. The van der Waals surface area contributed by atoms with Crippen LogP contribution in [-0.2, 0) is 4.74 Å². The van der Waals surface area contributed by atoms with E-state index in [9.17, 15) is 9.50 Å². The van der Waals surface area contributed by atoms with Crippen LogP contribution < -0.4 is 10.5 Å². The fourth-order valence-electron chi connectivity index (χ4n) is 2.59. The Balaban J connectivity index is 2.13. The van der Waals surface area contributed by atoms with Gasteiger partial charge in [-0.05, 0) is 6.92 Å². The standard InChI is InChI=1S/C12H16FN5O4/c1-12(20)7(13)5(3-19)22-10(12)18-4-15-6-8(18)16-11(14)17-9(6)21-2/h4-5,7,10,19-20H,3H2,1-2H3,(H2,14,16,17). The Labute approximate surface area is 124 Å². The lowest BCUT2D eigenvalue weighted by molar-refractivity contribution is -0.0892. The van der Waals surface area contributed by atoms with Crippen molar-refractivity contribution in [3.05, 3.63) is 6.33 Å². The maximum atomic E-state index is 14.2. The fourth-order valence-corrected chi connectivity index (χ4v) is 2.59. The molecule has 9 nitrogen and oxygen atoms in total. The van der Waals surface area contributed by atoms with Crippen molar-refractivity contribution < 1.29 is 24.1 Å². The molecular weight excluding hydrogens is 297 g/mol. The second kappa shape index (κ2) is 5.00. The van der Waals surface area contributed by atoms with Crippen molar-refractivity contribution in [2.75, 3.05) is 19.5 Å². The van der Waals surface area contributed by atoms with E-state index in [2.05, 4.69) is 15.0 Å². The normalized spacial score (nSPS) is 31.8. The van der Waals surface area contributed by atoms with E-state index >= 15 is 0 Å². The predicted octanol–water partition coefficient (Wildman–Crippen LogP) is -0.604. The van der Waals surface area contributed by atoms with Gasteiger partial charge in [0.05, 0.1) is 20.0 Å². The molecular formula is C12H16FN5O4. The summed E-state index contributed by atoms with van der Waals surface area (Å²) in [4.78, 5) is 12.0. The SMILES string of the molecule is COc1nc(N)nc2c1ncn2C1OC(CO)C(F)C1(C)O. The molecule has 1 fully saturated rings. The molecule has 3 heterocycles. The van der Waals surface area contributed by atoms with Crippen molar-refractivity contribution in [1.29, 1.82) is 0 Å². The number of halogens is 1. The van der Waals surface area contributed by atoms with Gasteiger partial charge in [0.15, 0.2) is 23.6 Å². The lowest BCUT2D eigenvalue weighted by Crippen LogP contribution is -2.41. The first-order valence-electron chi connectivity index (χ1n) is 6.57. The van der Waals surface area contributed by atoms with Crippen molar-refractivity contribution in [1.82, 2.24) is 19.5 Å². The van der Waals surface area contributed by atoms with Gasteiger partial charge in [-0.15, -0.1) is 0 Å². The first-order chi connectivity index (χ1) is 10.4. The number of aliphatic hydroxyl groups excluding tert-OH is 1. The molecule has 120 valence electrons. The van der Waals surface area contributed by atoms with Crippen molar-refractivity contribution in [3.8, 4) is 5.88 Å². The fraction of sp³-hybridized carbons (Fsp3) is 0.583. The van der Waals surface area contributed by atoms with Crippen LogP contribution in [0.3, 0.4) is 0 Å². The number of alkyl halides is 1. The highest BCUT2D eigenvalue weighted by Crippen LogP contribution is 2.41. The molecule has 0 amide bonds. The number of nitrogen functional groups attached to an aromatic ring is 1. The lowest BCUT2D eigenvalue weighted by Gasteiger charge is -2.26. The number of nitrogens with zero attached hydrogens (tertiary/aromatic N) is 4. The molecule has 0 bridgehead atoms. The molecule has 0 aromatic carbocycles. The molecule has 4 atom stereocenters. The van der Waals surface area contributed by atoms with Gasteiger partial charge in [-0.2, -0.15) is 9.97 Å². The van der Waals surface area contributed by atoms with E-state index in [0.29, 0.717) is 5.52 Å². The highest BCUT2D eigenvalue weighted by atomic mass is 19.1. The zero-order chi connectivity index (χ0) is 16.1. The average molecular weight is 313 g/mol. The number of ether oxygens (including phenoxy) is 2. The number of aliphatic hydroxyl groups is 2. The lowest BCUT2D eigenvalue weighted by atomic mass is 9.98. The summed E-state index contributed by atoms with van der Waals surface area (Å²) in [7, 11) is 1.40. The zero-order valence-electron chi connectivity index (χ0n) is 12.0. The van der Waals surface area contributed by atoms with E-state index in [4.69, 9.17) is 20.3 Å². The largest absolute Gasteiger partial charge is 0.479 e. The van der Waals surface area contributed by atoms with Crippen LogP contribution >= 0.6 is 0 Å². The van der Waals surface area contributed by atoms with Crippen molar-refractivity contribution in [2.45, 2.75) is 31.0 Å². The summed E-state index contributed by atoms with van der Waals surface area (Å²) in [5.41, 5.74) is 4.29. The smallest absolute Gasteiger partial charge is 0.246 e. The average Bonchev–Trinajstić information content (AvgIpc) is 2.98. The van der Waals surface area contributed by atoms with Gasteiger partial charge in [-0.3, -0.25) is 4.57 Å². The first-order valence-corrected chi connectivity index (χ1v) is 6.57. The quantitative estimate of drug-likeness (QED) is 0.685. The molecule has 1 aliphatic rings. The van der Waals surface area contributed by atoms with Gasteiger partial charge in [0, 0.05) is 0 Å². The van der Waals surface area contributed by atoms with Crippen molar-refractivity contribution in [2.24, 2.45) is 0 Å². The van der Waals surface area contributed by atoms with Crippen molar-refractivity contribution in [3.63, 3.8) is 0 Å². The van der Waals surface area contributed by atoms with E-state index in [0.717, 1.165) is 0 Å². The van der Waals surface area contributed by atoms with Crippen LogP contribution in [0.15, 0.2) is 6.33 Å². The summed E-state index contributed by atoms with van der Waals surface area (Å²) in [6, 6.07) is 0. The van der Waals surface area contributed by atoms with Crippen LogP contribution in [0.5, 0.6) is 5.88 Å². The summed E-state index contributed by atoms with van der Waals surface area (Å²) >= 11 is 0. The minimum atomic E-state index is -1.87. The van der Waals surface area contributed by atoms with Crippen LogP contribution in [0.25, 0.3) is 11.2 Å². The van der Waals surface area contributed by atoms with Gasteiger partial charge >= 0.3 is 0 Å². The van der Waals surface area contributed by atoms with Crippen LogP contribution in [0.1, 0.15) is 13.2 Å². The molecule has 1 aliphatic heterocycles. The number of anilines is 1. The van der Waals surface area contributed by atoms with E-state index in [-0.39, 0.29) is 17.5 Å². The van der Waals surface area contributed by atoms with Crippen LogP contribution in [0, 0.1) is 0 Å². The number of nitrogens with two attached hydrogens (primary N) is 1. The summed E-state index contributed by atoms with van der Waals surface area (Å²) in [5.74, 6) is 0.105. The molecule has 1 saturated heterocycles. The number of hydrogen-bond donors (Lipinski definition) is 3. The zero-order valence-corrected chi connectivity index (χ0v) is 12.0. The molecule has 2 aromatic heterocycles. The number of rotatable bonds is 3. The minimum absolute atomic E-state index is 0.0563. The van der Waals surface area contributed by atoms with Crippen LogP contribution in [0.2, 0.25) is 0 Å². The Morgan fingerprint density at radius 1 is 1.55 bits per heavy atom. The third kappa shape index (κ3) is 1.99. The van der Waals surface area contributed by atoms with Gasteiger partial charge in [-0.1, -0.05) is 0 Å². The number of methoxy groups -OCH3 is 1. The number of imidazole rings is 1. The molecule has 2 aromatic rings. The van der Waals surface area contributed by atoms with Gasteiger partial charge in [-0.25, -0.2) is 9.37 Å². The minimum Gasteiger partial charge on any atom is -0.479 e. The molecule has 0 aliphatic carbocycles. The third-order valence-corrected chi connectivity index (χ3v) is 3.72.